The lowest BCUT2D eigenvalue weighted by atomic mass is 9.93. The highest BCUT2D eigenvalue weighted by Gasteiger charge is 2.23. The number of nitrogens with one attached hydrogen (secondary N) is 1. The van der Waals surface area contributed by atoms with Crippen molar-refractivity contribution in [3.63, 3.8) is 0 Å². The van der Waals surface area contributed by atoms with Gasteiger partial charge in [0.2, 0.25) is 0 Å². The van der Waals surface area contributed by atoms with Crippen LogP contribution in [0.4, 0.5) is 8.78 Å². The number of aromatic nitrogens is 1. The van der Waals surface area contributed by atoms with Gasteiger partial charge >= 0.3 is 0 Å². The number of alkyl halides is 2. The van der Waals surface area contributed by atoms with E-state index in [1.54, 1.807) is 0 Å². The van der Waals surface area contributed by atoms with Crippen LogP contribution in [0.5, 0.6) is 0 Å². The Balaban J connectivity index is 2.66. The Morgan fingerprint density at radius 1 is 1.39 bits per heavy atom. The van der Waals surface area contributed by atoms with Crippen molar-refractivity contribution in [3.05, 3.63) is 16.1 Å². The van der Waals surface area contributed by atoms with Gasteiger partial charge in [0.15, 0.2) is 0 Å². The van der Waals surface area contributed by atoms with Crippen LogP contribution in [0.3, 0.4) is 0 Å². The summed E-state index contributed by atoms with van der Waals surface area (Å²) in [5, 5.41) is 5.64. The Morgan fingerprint density at radius 3 is 2.50 bits per heavy atom. The number of nitrogens with zero attached hydrogens (tertiary/aromatic N) is 1. The first kappa shape index (κ1) is 15.5. The average Bonchev–Trinajstić information content (AvgIpc) is 2.71. The highest BCUT2D eigenvalue weighted by Crippen LogP contribution is 2.24. The molecule has 0 aliphatic carbocycles. The number of hydrogen-bond acceptors (Lipinski definition) is 3. The minimum atomic E-state index is -2.35. The number of hydrogen-bond donors (Lipinski definition) is 1. The number of halogens is 2. The fraction of sp³-hybridized carbons (Fsp3) is 0.769. The lowest BCUT2D eigenvalue weighted by Crippen LogP contribution is -2.38. The van der Waals surface area contributed by atoms with Crippen LogP contribution in [-0.4, -0.2) is 24.0 Å². The van der Waals surface area contributed by atoms with Crippen molar-refractivity contribution >= 4 is 11.3 Å². The SMILES string of the molecule is CCCNC(Cc1nc(C(C)(C)C)cs1)C(F)F. The number of rotatable bonds is 6. The van der Waals surface area contributed by atoms with Crippen LogP contribution in [0.25, 0.3) is 0 Å². The van der Waals surface area contributed by atoms with E-state index in [1.807, 2.05) is 12.3 Å². The predicted octanol–water partition coefficient (Wildman–Crippen LogP) is 3.62. The normalized spacial score (nSPS) is 14.2. The Bertz CT molecular complexity index is 358. The molecule has 18 heavy (non-hydrogen) atoms. The second kappa shape index (κ2) is 6.57. The molecule has 0 spiro atoms. The summed E-state index contributed by atoms with van der Waals surface area (Å²) in [6.07, 6.45) is -1.19. The van der Waals surface area contributed by atoms with Crippen molar-refractivity contribution in [1.29, 1.82) is 0 Å². The molecule has 0 amide bonds. The van der Waals surface area contributed by atoms with Gasteiger partial charge in [-0.1, -0.05) is 27.7 Å². The third-order valence-corrected chi connectivity index (χ3v) is 3.55. The molecule has 1 rings (SSSR count). The summed E-state index contributed by atoms with van der Waals surface area (Å²) in [6.45, 7) is 8.81. The minimum absolute atomic E-state index is 0.0219. The Kier molecular flexibility index (Phi) is 5.66. The van der Waals surface area contributed by atoms with E-state index >= 15 is 0 Å². The van der Waals surface area contributed by atoms with Gasteiger partial charge in [0.1, 0.15) is 0 Å². The van der Waals surface area contributed by atoms with Gasteiger partial charge in [-0.2, -0.15) is 0 Å². The predicted molar refractivity (Wildman–Crippen MR) is 72.6 cm³/mol. The summed E-state index contributed by atoms with van der Waals surface area (Å²) < 4.78 is 25.7. The first-order valence-electron chi connectivity index (χ1n) is 6.31. The first-order chi connectivity index (χ1) is 8.34. The van der Waals surface area contributed by atoms with E-state index in [0.29, 0.717) is 13.0 Å². The maximum Gasteiger partial charge on any atom is 0.254 e. The van der Waals surface area contributed by atoms with Gasteiger partial charge in [0.25, 0.3) is 6.43 Å². The average molecular weight is 276 g/mol. The Labute approximate surface area is 112 Å². The summed E-state index contributed by atoms with van der Waals surface area (Å²) in [6, 6.07) is -0.788. The molecule has 1 heterocycles. The zero-order valence-electron chi connectivity index (χ0n) is 11.5. The van der Waals surface area contributed by atoms with E-state index in [4.69, 9.17) is 0 Å². The van der Waals surface area contributed by atoms with Crippen LogP contribution in [0.15, 0.2) is 5.38 Å². The topological polar surface area (TPSA) is 24.9 Å². The van der Waals surface area contributed by atoms with Crippen LogP contribution in [0.2, 0.25) is 0 Å². The molecule has 0 radical (unpaired) electrons. The van der Waals surface area contributed by atoms with Gasteiger partial charge in [0, 0.05) is 17.2 Å². The molecule has 0 aromatic carbocycles. The van der Waals surface area contributed by atoms with E-state index in [0.717, 1.165) is 17.1 Å². The molecule has 1 unspecified atom stereocenters. The molecule has 0 aliphatic heterocycles. The maximum atomic E-state index is 12.9. The van der Waals surface area contributed by atoms with Crippen molar-refractivity contribution in [2.24, 2.45) is 0 Å². The molecule has 0 saturated heterocycles. The van der Waals surface area contributed by atoms with Crippen LogP contribution < -0.4 is 5.32 Å². The summed E-state index contributed by atoms with van der Waals surface area (Å²) >= 11 is 1.47. The summed E-state index contributed by atoms with van der Waals surface area (Å²) in [5.74, 6) is 0. The van der Waals surface area contributed by atoms with Crippen LogP contribution in [0.1, 0.15) is 44.8 Å². The van der Waals surface area contributed by atoms with Crippen LogP contribution >= 0.6 is 11.3 Å². The lowest BCUT2D eigenvalue weighted by Gasteiger charge is -2.17. The third-order valence-electron chi connectivity index (χ3n) is 2.68. The van der Waals surface area contributed by atoms with Crippen molar-refractivity contribution in [2.45, 2.75) is 58.4 Å². The van der Waals surface area contributed by atoms with Gasteiger partial charge < -0.3 is 5.32 Å². The van der Waals surface area contributed by atoms with E-state index in [2.05, 4.69) is 31.1 Å². The molecule has 0 fully saturated rings. The van der Waals surface area contributed by atoms with Crippen molar-refractivity contribution in [1.82, 2.24) is 10.3 Å². The van der Waals surface area contributed by atoms with E-state index in [1.165, 1.54) is 11.3 Å². The van der Waals surface area contributed by atoms with Gasteiger partial charge in [-0.3, -0.25) is 0 Å². The first-order valence-corrected chi connectivity index (χ1v) is 7.19. The monoisotopic (exact) mass is 276 g/mol. The lowest BCUT2D eigenvalue weighted by molar-refractivity contribution is 0.0982. The van der Waals surface area contributed by atoms with Gasteiger partial charge in [-0.25, -0.2) is 13.8 Å². The van der Waals surface area contributed by atoms with E-state index in [9.17, 15) is 8.78 Å². The fourth-order valence-electron chi connectivity index (χ4n) is 1.52. The molecule has 0 aliphatic rings. The molecular formula is C13H22F2N2S. The highest BCUT2D eigenvalue weighted by molar-refractivity contribution is 7.09. The standard InChI is InChI=1S/C13H22F2N2S/c1-5-6-16-9(12(14)15)7-11-17-10(8-18-11)13(2,3)4/h8-9,12,16H,5-7H2,1-4H3. The Hall–Kier alpha value is -0.550. The second-order valence-electron chi connectivity index (χ2n) is 5.48. The molecule has 1 aromatic heterocycles. The van der Waals surface area contributed by atoms with Gasteiger partial charge in [0.05, 0.1) is 16.7 Å². The van der Waals surface area contributed by atoms with E-state index in [-0.39, 0.29) is 5.41 Å². The molecule has 1 atom stereocenters. The van der Waals surface area contributed by atoms with Gasteiger partial charge in [-0.05, 0) is 13.0 Å². The number of thiazole rings is 1. The summed E-state index contributed by atoms with van der Waals surface area (Å²) in [7, 11) is 0. The largest absolute Gasteiger partial charge is 0.309 e. The van der Waals surface area contributed by atoms with Crippen molar-refractivity contribution in [2.75, 3.05) is 6.54 Å². The summed E-state index contributed by atoms with van der Waals surface area (Å²) in [4.78, 5) is 4.46. The Morgan fingerprint density at radius 2 is 2.06 bits per heavy atom. The second-order valence-corrected chi connectivity index (χ2v) is 6.42. The zero-order chi connectivity index (χ0) is 13.8. The fourth-order valence-corrected chi connectivity index (χ4v) is 2.60. The van der Waals surface area contributed by atoms with Crippen LogP contribution in [0, 0.1) is 0 Å². The molecule has 2 nitrogen and oxygen atoms in total. The van der Waals surface area contributed by atoms with Gasteiger partial charge in [-0.15, -0.1) is 11.3 Å². The molecular weight excluding hydrogens is 254 g/mol. The minimum Gasteiger partial charge on any atom is -0.309 e. The summed E-state index contributed by atoms with van der Waals surface area (Å²) in [5.41, 5.74) is 0.956. The van der Waals surface area contributed by atoms with Crippen LogP contribution in [-0.2, 0) is 11.8 Å². The quantitative estimate of drug-likeness (QED) is 0.858. The van der Waals surface area contributed by atoms with Crippen molar-refractivity contribution in [3.8, 4) is 0 Å². The molecule has 0 saturated carbocycles. The molecule has 5 heteroatoms. The van der Waals surface area contributed by atoms with E-state index < -0.39 is 12.5 Å². The highest BCUT2D eigenvalue weighted by atomic mass is 32.1. The smallest absolute Gasteiger partial charge is 0.254 e. The molecule has 104 valence electrons. The molecule has 1 N–H and O–H groups in total. The molecule has 0 bridgehead atoms. The maximum absolute atomic E-state index is 12.9. The molecule has 1 aromatic rings. The van der Waals surface area contributed by atoms with Crippen molar-refractivity contribution < 1.29 is 8.78 Å². The third kappa shape index (κ3) is 4.61. The zero-order valence-corrected chi connectivity index (χ0v) is 12.3.